The van der Waals surface area contributed by atoms with Crippen molar-refractivity contribution in [1.29, 1.82) is 0 Å². The highest BCUT2D eigenvalue weighted by Crippen LogP contribution is 2.28. The smallest absolute Gasteiger partial charge is 0.351 e. The molecule has 2 N–H and O–H groups in total. The number of amides is 3. The lowest BCUT2D eigenvalue weighted by atomic mass is 10.1. The fourth-order valence-corrected chi connectivity index (χ4v) is 2.85. The number of aromatic nitrogens is 1. The van der Waals surface area contributed by atoms with Gasteiger partial charge in [-0.3, -0.25) is 10.1 Å². The van der Waals surface area contributed by atoms with E-state index in [0.29, 0.717) is 15.6 Å². The molecular weight excluding hydrogens is 342 g/mol. The molecule has 7 nitrogen and oxygen atoms in total. The molecule has 0 spiro atoms. The summed E-state index contributed by atoms with van der Waals surface area (Å²) in [6.45, 7) is 4.77. The number of carbonyl (C=O) groups is 3. The van der Waals surface area contributed by atoms with Crippen molar-refractivity contribution in [3.8, 4) is 11.3 Å². The average molecular weight is 361 g/mol. The second-order valence-corrected chi connectivity index (χ2v) is 6.73. The predicted octanol–water partition coefficient (Wildman–Crippen LogP) is 2.51. The fraction of sp³-hybridized carbons (Fsp3) is 0.294. The number of nitrogens with zero attached hydrogens (tertiary/aromatic N) is 1. The lowest BCUT2D eigenvalue weighted by molar-refractivity contribution is -0.123. The van der Waals surface area contributed by atoms with Crippen LogP contribution in [-0.2, 0) is 9.53 Å². The quantitative estimate of drug-likeness (QED) is 0.798. The van der Waals surface area contributed by atoms with E-state index in [1.54, 1.807) is 20.8 Å². The van der Waals surface area contributed by atoms with Crippen LogP contribution in [0.15, 0.2) is 30.3 Å². The SMILES string of the molecule is Cc1nc(-c2ccccc2)c(C(=O)OCC(=O)NC(=O)NC(C)C)s1. The van der Waals surface area contributed by atoms with E-state index in [4.69, 9.17) is 4.74 Å². The van der Waals surface area contributed by atoms with Crippen LogP contribution in [0.2, 0.25) is 0 Å². The number of hydrogen-bond acceptors (Lipinski definition) is 6. The van der Waals surface area contributed by atoms with Crippen molar-refractivity contribution in [3.05, 3.63) is 40.2 Å². The van der Waals surface area contributed by atoms with Gasteiger partial charge < -0.3 is 10.1 Å². The van der Waals surface area contributed by atoms with E-state index in [0.717, 1.165) is 5.56 Å². The first-order valence-corrected chi connectivity index (χ1v) is 8.48. The van der Waals surface area contributed by atoms with Gasteiger partial charge in [-0.05, 0) is 20.8 Å². The third-order valence-corrected chi connectivity index (χ3v) is 3.92. The average Bonchev–Trinajstić information content (AvgIpc) is 2.94. The number of thiazole rings is 1. The van der Waals surface area contributed by atoms with E-state index >= 15 is 0 Å². The number of hydrogen-bond donors (Lipinski definition) is 2. The first-order chi connectivity index (χ1) is 11.9. The summed E-state index contributed by atoms with van der Waals surface area (Å²) in [5.41, 5.74) is 1.31. The van der Waals surface area contributed by atoms with E-state index in [-0.39, 0.29) is 6.04 Å². The maximum Gasteiger partial charge on any atom is 0.351 e. The molecule has 2 rings (SSSR count). The molecule has 2 aromatic rings. The van der Waals surface area contributed by atoms with E-state index < -0.39 is 24.5 Å². The van der Waals surface area contributed by atoms with E-state index in [9.17, 15) is 14.4 Å². The van der Waals surface area contributed by atoms with Crippen LogP contribution in [0.3, 0.4) is 0 Å². The summed E-state index contributed by atoms with van der Waals surface area (Å²) in [6, 6.07) is 8.51. The number of urea groups is 1. The Bertz CT molecular complexity index is 771. The van der Waals surface area contributed by atoms with Crippen LogP contribution in [-0.4, -0.2) is 35.5 Å². The highest BCUT2D eigenvalue weighted by atomic mass is 32.1. The van der Waals surface area contributed by atoms with Crippen molar-refractivity contribution in [2.45, 2.75) is 26.8 Å². The zero-order valence-corrected chi connectivity index (χ0v) is 15.0. The molecule has 0 aliphatic rings. The third-order valence-electron chi connectivity index (χ3n) is 2.97. The standard InChI is InChI=1S/C17H19N3O4S/c1-10(2)18-17(23)20-13(21)9-24-16(22)15-14(19-11(3)25-15)12-7-5-4-6-8-12/h4-8,10H,9H2,1-3H3,(H2,18,20,21,23). The number of esters is 1. The fourth-order valence-electron chi connectivity index (χ4n) is 2.01. The molecule has 8 heteroatoms. The molecule has 0 aliphatic heterocycles. The van der Waals surface area contributed by atoms with Crippen LogP contribution in [0.25, 0.3) is 11.3 Å². The molecule has 0 radical (unpaired) electrons. The number of nitrogens with one attached hydrogen (secondary N) is 2. The lowest BCUT2D eigenvalue weighted by Gasteiger charge is -2.09. The minimum absolute atomic E-state index is 0.107. The minimum Gasteiger partial charge on any atom is -0.451 e. The molecule has 0 unspecified atom stereocenters. The van der Waals surface area contributed by atoms with Gasteiger partial charge in [0, 0.05) is 11.6 Å². The summed E-state index contributed by atoms with van der Waals surface area (Å²) >= 11 is 1.19. The zero-order chi connectivity index (χ0) is 18.4. The van der Waals surface area contributed by atoms with Gasteiger partial charge in [-0.2, -0.15) is 0 Å². The van der Waals surface area contributed by atoms with Gasteiger partial charge in [-0.15, -0.1) is 11.3 Å². The maximum absolute atomic E-state index is 12.3. The second-order valence-electron chi connectivity index (χ2n) is 5.53. The van der Waals surface area contributed by atoms with Gasteiger partial charge in [0.05, 0.1) is 10.7 Å². The highest BCUT2D eigenvalue weighted by molar-refractivity contribution is 7.14. The Kier molecular flexibility index (Phi) is 6.24. The molecule has 132 valence electrons. The highest BCUT2D eigenvalue weighted by Gasteiger charge is 2.20. The molecule has 0 saturated carbocycles. The van der Waals surface area contributed by atoms with E-state index in [1.165, 1.54) is 11.3 Å². The molecular formula is C17H19N3O4S. The summed E-state index contributed by atoms with van der Waals surface area (Å²) < 4.78 is 5.01. The third kappa shape index (κ3) is 5.39. The topological polar surface area (TPSA) is 97.4 Å². The Balaban J connectivity index is 2.00. The van der Waals surface area contributed by atoms with Crippen LogP contribution in [0.4, 0.5) is 4.79 Å². The summed E-state index contributed by atoms with van der Waals surface area (Å²) in [7, 11) is 0. The number of imide groups is 1. The number of ether oxygens (including phenoxy) is 1. The number of benzene rings is 1. The first kappa shape index (κ1) is 18.6. The Hall–Kier alpha value is -2.74. The number of carbonyl (C=O) groups excluding carboxylic acids is 3. The molecule has 25 heavy (non-hydrogen) atoms. The Labute approximate surface area is 149 Å². The molecule has 1 aromatic heterocycles. The number of rotatable bonds is 5. The molecule has 1 aromatic carbocycles. The Morgan fingerprint density at radius 3 is 2.52 bits per heavy atom. The van der Waals surface area contributed by atoms with Crippen molar-refractivity contribution in [2.75, 3.05) is 6.61 Å². The van der Waals surface area contributed by atoms with E-state index in [1.807, 2.05) is 30.3 Å². The van der Waals surface area contributed by atoms with Gasteiger partial charge in [0.15, 0.2) is 6.61 Å². The van der Waals surface area contributed by atoms with Gasteiger partial charge in [0.25, 0.3) is 5.91 Å². The van der Waals surface area contributed by atoms with Crippen molar-refractivity contribution in [1.82, 2.24) is 15.6 Å². The zero-order valence-electron chi connectivity index (χ0n) is 14.2. The van der Waals surface area contributed by atoms with Crippen molar-refractivity contribution >= 4 is 29.2 Å². The van der Waals surface area contributed by atoms with E-state index in [2.05, 4.69) is 15.6 Å². The van der Waals surface area contributed by atoms with Crippen LogP contribution >= 0.6 is 11.3 Å². The van der Waals surface area contributed by atoms with Gasteiger partial charge >= 0.3 is 12.0 Å². The van der Waals surface area contributed by atoms with Crippen LogP contribution < -0.4 is 10.6 Å². The molecule has 1 heterocycles. The Morgan fingerprint density at radius 1 is 1.20 bits per heavy atom. The van der Waals surface area contributed by atoms with Gasteiger partial charge in [-0.1, -0.05) is 30.3 Å². The van der Waals surface area contributed by atoms with Gasteiger partial charge in [-0.25, -0.2) is 14.6 Å². The Morgan fingerprint density at radius 2 is 1.88 bits per heavy atom. The molecule has 0 fully saturated rings. The van der Waals surface area contributed by atoms with Crippen molar-refractivity contribution in [3.63, 3.8) is 0 Å². The largest absolute Gasteiger partial charge is 0.451 e. The maximum atomic E-state index is 12.3. The first-order valence-electron chi connectivity index (χ1n) is 7.67. The summed E-state index contributed by atoms with van der Waals surface area (Å²) in [5, 5.41) is 5.31. The lowest BCUT2D eigenvalue weighted by Crippen LogP contribution is -2.44. The van der Waals surface area contributed by atoms with Crippen molar-refractivity contribution in [2.24, 2.45) is 0 Å². The molecule has 0 atom stereocenters. The second kappa shape index (κ2) is 8.39. The summed E-state index contributed by atoms with van der Waals surface area (Å²) in [4.78, 5) is 40.1. The molecule has 0 saturated heterocycles. The molecule has 0 bridgehead atoms. The van der Waals surface area contributed by atoms with Crippen LogP contribution in [0, 0.1) is 6.92 Å². The summed E-state index contributed by atoms with van der Waals surface area (Å²) in [6.07, 6.45) is 0. The van der Waals surface area contributed by atoms with Gasteiger partial charge in [0.1, 0.15) is 4.88 Å². The van der Waals surface area contributed by atoms with Crippen LogP contribution in [0.1, 0.15) is 28.5 Å². The molecule has 3 amide bonds. The monoisotopic (exact) mass is 361 g/mol. The molecule has 0 aliphatic carbocycles. The normalized spacial score (nSPS) is 10.4. The number of aryl methyl sites for hydroxylation is 1. The predicted molar refractivity (Wildman–Crippen MR) is 94.4 cm³/mol. The van der Waals surface area contributed by atoms with Gasteiger partial charge in [0.2, 0.25) is 0 Å². The summed E-state index contributed by atoms with van der Waals surface area (Å²) in [5.74, 6) is -1.35. The van der Waals surface area contributed by atoms with Crippen LogP contribution in [0.5, 0.6) is 0 Å². The van der Waals surface area contributed by atoms with Crippen molar-refractivity contribution < 1.29 is 19.1 Å². The minimum atomic E-state index is -0.700.